The normalized spacial score (nSPS) is 10.5. The van der Waals surface area contributed by atoms with Gasteiger partial charge in [-0.3, -0.25) is 4.79 Å². The number of rotatable bonds is 11. The standard InChI is InChI=1S/C21H21ClN2O6/c1-3-5-15-8-14(9-18(28-2)21(15)30-13-20(26)27)11-23-24-19(25)12-29-17-7-4-6-16(22)10-17/h3-4,6-11H,1,5,12-13H2,2H3,(H,24,25)(H,26,27)/b23-11+. The van der Waals surface area contributed by atoms with Crippen molar-refractivity contribution in [3.8, 4) is 17.2 Å². The summed E-state index contributed by atoms with van der Waals surface area (Å²) in [6.07, 6.45) is 3.50. The van der Waals surface area contributed by atoms with Crippen molar-refractivity contribution in [3.05, 3.63) is 65.2 Å². The zero-order valence-electron chi connectivity index (χ0n) is 16.3. The number of ether oxygens (including phenoxy) is 3. The van der Waals surface area contributed by atoms with E-state index in [4.69, 9.17) is 30.9 Å². The molecule has 0 unspecified atom stereocenters. The van der Waals surface area contributed by atoms with E-state index >= 15 is 0 Å². The molecule has 0 heterocycles. The largest absolute Gasteiger partial charge is 0.493 e. The molecule has 2 aromatic carbocycles. The number of nitrogens with one attached hydrogen (secondary N) is 1. The molecule has 0 aromatic heterocycles. The Hall–Kier alpha value is -3.52. The molecule has 8 nitrogen and oxygen atoms in total. The minimum Gasteiger partial charge on any atom is -0.493 e. The van der Waals surface area contributed by atoms with E-state index in [1.165, 1.54) is 13.3 Å². The summed E-state index contributed by atoms with van der Waals surface area (Å²) in [6.45, 7) is 2.95. The van der Waals surface area contributed by atoms with E-state index in [0.29, 0.717) is 39.8 Å². The van der Waals surface area contributed by atoms with Crippen LogP contribution in [0.25, 0.3) is 0 Å². The number of carbonyl (C=O) groups excluding carboxylic acids is 1. The van der Waals surface area contributed by atoms with Crippen LogP contribution in [0.4, 0.5) is 0 Å². The van der Waals surface area contributed by atoms with Crippen LogP contribution in [-0.4, -0.2) is 43.5 Å². The van der Waals surface area contributed by atoms with Gasteiger partial charge in [0.1, 0.15) is 5.75 Å². The SMILES string of the molecule is C=CCc1cc(/C=N/NC(=O)COc2cccc(Cl)c2)cc(OC)c1OCC(=O)O. The summed E-state index contributed by atoms with van der Waals surface area (Å²) < 4.78 is 16.0. The molecule has 158 valence electrons. The van der Waals surface area contributed by atoms with Crippen LogP contribution in [0.5, 0.6) is 17.2 Å². The molecule has 0 atom stereocenters. The quantitative estimate of drug-likeness (QED) is 0.321. The first-order valence-corrected chi connectivity index (χ1v) is 9.17. The third-order valence-corrected chi connectivity index (χ3v) is 3.88. The molecule has 0 bridgehead atoms. The lowest BCUT2D eigenvalue weighted by Gasteiger charge is -2.14. The van der Waals surface area contributed by atoms with Crippen LogP contribution in [0, 0.1) is 0 Å². The van der Waals surface area contributed by atoms with Crippen molar-refractivity contribution in [2.24, 2.45) is 5.10 Å². The number of nitrogens with zero attached hydrogens (tertiary/aromatic N) is 1. The van der Waals surface area contributed by atoms with Gasteiger partial charge in [0.25, 0.3) is 5.91 Å². The van der Waals surface area contributed by atoms with E-state index in [9.17, 15) is 9.59 Å². The monoisotopic (exact) mass is 432 g/mol. The number of hydrogen-bond acceptors (Lipinski definition) is 6. The topological polar surface area (TPSA) is 106 Å². The fourth-order valence-corrected chi connectivity index (χ4v) is 2.61. The lowest BCUT2D eigenvalue weighted by atomic mass is 10.1. The lowest BCUT2D eigenvalue weighted by molar-refractivity contribution is -0.139. The number of hydrogen-bond donors (Lipinski definition) is 2. The van der Waals surface area contributed by atoms with Gasteiger partial charge in [-0.25, -0.2) is 10.2 Å². The Morgan fingerprint density at radius 2 is 2.03 bits per heavy atom. The highest BCUT2D eigenvalue weighted by atomic mass is 35.5. The molecule has 0 aliphatic carbocycles. The second-order valence-electron chi connectivity index (χ2n) is 5.93. The summed E-state index contributed by atoms with van der Waals surface area (Å²) in [5, 5.41) is 13.3. The Bertz CT molecular complexity index is 945. The molecule has 0 saturated heterocycles. The Labute approximate surface area is 178 Å². The molecule has 2 aromatic rings. The molecule has 0 spiro atoms. The molecule has 9 heteroatoms. The van der Waals surface area contributed by atoms with E-state index in [0.717, 1.165) is 0 Å². The first-order chi connectivity index (χ1) is 14.4. The van der Waals surface area contributed by atoms with E-state index in [2.05, 4.69) is 17.1 Å². The predicted molar refractivity (Wildman–Crippen MR) is 113 cm³/mol. The smallest absolute Gasteiger partial charge is 0.341 e. The Morgan fingerprint density at radius 1 is 1.23 bits per heavy atom. The maximum absolute atomic E-state index is 11.9. The second kappa shape index (κ2) is 11.5. The van der Waals surface area contributed by atoms with E-state index in [1.807, 2.05) is 0 Å². The number of halogens is 1. The van der Waals surface area contributed by atoms with Gasteiger partial charge in [0.05, 0.1) is 13.3 Å². The van der Waals surface area contributed by atoms with Crippen LogP contribution >= 0.6 is 11.6 Å². The zero-order valence-corrected chi connectivity index (χ0v) is 17.0. The Morgan fingerprint density at radius 3 is 2.70 bits per heavy atom. The first kappa shape index (κ1) is 22.8. The maximum atomic E-state index is 11.9. The second-order valence-corrected chi connectivity index (χ2v) is 6.36. The zero-order chi connectivity index (χ0) is 21.9. The molecule has 0 fully saturated rings. The lowest BCUT2D eigenvalue weighted by Crippen LogP contribution is -2.24. The van der Waals surface area contributed by atoms with E-state index < -0.39 is 18.5 Å². The fraction of sp³-hybridized carbons (Fsp3) is 0.190. The van der Waals surface area contributed by atoms with Crippen LogP contribution < -0.4 is 19.6 Å². The van der Waals surface area contributed by atoms with Crippen molar-refractivity contribution in [2.45, 2.75) is 6.42 Å². The minimum atomic E-state index is -1.10. The molecule has 0 saturated carbocycles. The van der Waals surface area contributed by atoms with Gasteiger partial charge in [-0.2, -0.15) is 5.10 Å². The summed E-state index contributed by atoms with van der Waals surface area (Å²) in [4.78, 5) is 22.7. The summed E-state index contributed by atoms with van der Waals surface area (Å²) in [7, 11) is 1.44. The van der Waals surface area contributed by atoms with Crippen LogP contribution in [0.15, 0.2) is 54.2 Å². The minimum absolute atomic E-state index is 0.231. The molecular formula is C21H21ClN2O6. The molecular weight excluding hydrogens is 412 g/mol. The van der Waals surface area contributed by atoms with E-state index in [1.54, 1.807) is 42.5 Å². The summed E-state index contributed by atoms with van der Waals surface area (Å²) in [5.41, 5.74) is 3.64. The number of benzene rings is 2. The molecule has 0 aliphatic rings. The summed E-state index contributed by atoms with van der Waals surface area (Å²) in [6, 6.07) is 10.0. The average molecular weight is 433 g/mol. The third kappa shape index (κ3) is 7.14. The number of methoxy groups -OCH3 is 1. The first-order valence-electron chi connectivity index (χ1n) is 8.79. The van der Waals surface area contributed by atoms with Crippen LogP contribution in [0.2, 0.25) is 5.02 Å². The summed E-state index contributed by atoms with van der Waals surface area (Å²) in [5.74, 6) is -0.429. The van der Waals surface area contributed by atoms with Gasteiger partial charge >= 0.3 is 5.97 Å². The highest BCUT2D eigenvalue weighted by molar-refractivity contribution is 6.30. The van der Waals surface area contributed by atoms with Gasteiger partial charge in [0, 0.05) is 10.6 Å². The average Bonchev–Trinajstić information content (AvgIpc) is 2.71. The molecule has 2 rings (SSSR count). The van der Waals surface area contributed by atoms with Gasteiger partial charge in [0.15, 0.2) is 24.7 Å². The number of hydrazone groups is 1. The third-order valence-electron chi connectivity index (χ3n) is 3.65. The van der Waals surface area contributed by atoms with Crippen molar-refractivity contribution >= 4 is 29.7 Å². The van der Waals surface area contributed by atoms with Crippen LogP contribution in [-0.2, 0) is 16.0 Å². The number of carboxylic acids is 1. The highest BCUT2D eigenvalue weighted by Crippen LogP contribution is 2.33. The van der Waals surface area contributed by atoms with E-state index in [-0.39, 0.29) is 6.61 Å². The number of allylic oxidation sites excluding steroid dienone is 1. The van der Waals surface area contributed by atoms with Crippen LogP contribution in [0.3, 0.4) is 0 Å². The van der Waals surface area contributed by atoms with Gasteiger partial charge in [0.2, 0.25) is 0 Å². The van der Waals surface area contributed by atoms with Crippen molar-refractivity contribution in [1.82, 2.24) is 5.43 Å². The van der Waals surface area contributed by atoms with Crippen LogP contribution in [0.1, 0.15) is 11.1 Å². The molecule has 0 radical (unpaired) electrons. The Kier molecular flexibility index (Phi) is 8.71. The van der Waals surface area contributed by atoms with Crippen molar-refractivity contribution in [1.29, 1.82) is 0 Å². The van der Waals surface area contributed by atoms with Crippen molar-refractivity contribution < 1.29 is 28.9 Å². The summed E-state index contributed by atoms with van der Waals surface area (Å²) >= 11 is 5.86. The number of aliphatic carboxylic acids is 1. The van der Waals surface area contributed by atoms with Crippen molar-refractivity contribution in [3.63, 3.8) is 0 Å². The molecule has 30 heavy (non-hydrogen) atoms. The van der Waals surface area contributed by atoms with Gasteiger partial charge in [-0.1, -0.05) is 23.7 Å². The van der Waals surface area contributed by atoms with Gasteiger partial charge in [-0.15, -0.1) is 6.58 Å². The Balaban J connectivity index is 2.04. The predicted octanol–water partition coefficient (Wildman–Crippen LogP) is 3.07. The van der Waals surface area contributed by atoms with Gasteiger partial charge in [-0.05, 0) is 42.3 Å². The van der Waals surface area contributed by atoms with Gasteiger partial charge < -0.3 is 19.3 Å². The molecule has 0 aliphatic heterocycles. The fourth-order valence-electron chi connectivity index (χ4n) is 2.43. The number of carbonyl (C=O) groups is 2. The molecule has 1 amide bonds. The highest BCUT2D eigenvalue weighted by Gasteiger charge is 2.13. The number of amides is 1. The molecule has 2 N–H and O–H groups in total. The maximum Gasteiger partial charge on any atom is 0.341 e. The van der Waals surface area contributed by atoms with Crippen molar-refractivity contribution in [2.75, 3.05) is 20.3 Å². The number of carboxylic acid groups (broad SMARTS) is 1.